The average molecular weight is 454 g/mol. The van der Waals surface area contributed by atoms with Crippen molar-refractivity contribution in [1.29, 1.82) is 0 Å². The summed E-state index contributed by atoms with van der Waals surface area (Å²) in [6, 6.07) is 14.9. The number of amides is 1. The maximum Gasteiger partial charge on any atom is 0.255 e. The van der Waals surface area contributed by atoms with Crippen LogP contribution in [0, 0.1) is 0 Å². The largest absolute Gasteiger partial charge is 0.321 e. The highest BCUT2D eigenvalue weighted by atomic mass is 32.2. The van der Waals surface area contributed by atoms with Gasteiger partial charge in [0.2, 0.25) is 10.0 Å². The molecule has 0 saturated carbocycles. The molecule has 1 aromatic carbocycles. The van der Waals surface area contributed by atoms with Gasteiger partial charge in [0.15, 0.2) is 5.82 Å². The van der Waals surface area contributed by atoms with E-state index in [1.54, 1.807) is 46.6 Å². The number of hydrogen-bond donors (Lipinski definition) is 2. The lowest BCUT2D eigenvalue weighted by Gasteiger charge is -2.08. The SMILES string of the molecule is O=C(Nc1ccc(-n2cccn2)nc1)c1ccc(S(=O)(=O)NCCc2cccs2)cc1. The number of anilines is 1. The van der Waals surface area contributed by atoms with Crippen LogP contribution >= 0.6 is 11.3 Å². The van der Waals surface area contributed by atoms with E-state index < -0.39 is 10.0 Å². The van der Waals surface area contributed by atoms with Gasteiger partial charge in [-0.2, -0.15) is 5.10 Å². The zero-order valence-electron chi connectivity index (χ0n) is 16.3. The zero-order valence-corrected chi connectivity index (χ0v) is 17.9. The summed E-state index contributed by atoms with van der Waals surface area (Å²) in [5.41, 5.74) is 0.863. The first kappa shape index (κ1) is 20.9. The minimum atomic E-state index is -3.64. The lowest BCUT2D eigenvalue weighted by Crippen LogP contribution is -2.26. The minimum Gasteiger partial charge on any atom is -0.321 e. The summed E-state index contributed by atoms with van der Waals surface area (Å²) in [4.78, 5) is 18.0. The molecule has 0 spiro atoms. The number of benzene rings is 1. The Hall–Kier alpha value is -3.34. The maximum atomic E-state index is 12.5. The first-order valence-corrected chi connectivity index (χ1v) is 11.8. The van der Waals surface area contributed by atoms with Crippen molar-refractivity contribution in [2.45, 2.75) is 11.3 Å². The van der Waals surface area contributed by atoms with Gasteiger partial charge in [-0.15, -0.1) is 11.3 Å². The number of sulfonamides is 1. The maximum absolute atomic E-state index is 12.5. The Balaban J connectivity index is 1.36. The van der Waals surface area contributed by atoms with Gasteiger partial charge in [0.1, 0.15) is 0 Å². The monoisotopic (exact) mass is 453 g/mol. The first-order valence-electron chi connectivity index (χ1n) is 9.41. The number of hydrogen-bond acceptors (Lipinski definition) is 6. The van der Waals surface area contributed by atoms with Crippen molar-refractivity contribution in [3.63, 3.8) is 0 Å². The smallest absolute Gasteiger partial charge is 0.255 e. The van der Waals surface area contributed by atoms with Gasteiger partial charge in [-0.1, -0.05) is 6.07 Å². The summed E-state index contributed by atoms with van der Waals surface area (Å²) in [5, 5.41) is 8.80. The lowest BCUT2D eigenvalue weighted by atomic mass is 10.2. The Bertz CT molecular complexity index is 1240. The number of rotatable bonds is 8. The molecule has 3 aromatic heterocycles. The molecule has 4 aromatic rings. The van der Waals surface area contributed by atoms with E-state index in [0.29, 0.717) is 30.0 Å². The summed E-state index contributed by atoms with van der Waals surface area (Å²) in [7, 11) is -3.64. The van der Waals surface area contributed by atoms with Crippen LogP contribution in [-0.4, -0.2) is 35.6 Å². The fourth-order valence-electron chi connectivity index (χ4n) is 2.84. The van der Waals surface area contributed by atoms with E-state index in [4.69, 9.17) is 0 Å². The number of thiophene rings is 1. The Kier molecular flexibility index (Phi) is 6.21. The summed E-state index contributed by atoms with van der Waals surface area (Å²) in [5.74, 6) is 0.271. The van der Waals surface area contributed by atoms with Gasteiger partial charge in [-0.25, -0.2) is 22.8 Å². The van der Waals surface area contributed by atoms with Gasteiger partial charge in [0.25, 0.3) is 5.91 Å². The predicted molar refractivity (Wildman–Crippen MR) is 119 cm³/mol. The van der Waals surface area contributed by atoms with E-state index in [2.05, 4.69) is 20.1 Å². The highest BCUT2D eigenvalue weighted by Gasteiger charge is 2.15. The molecule has 0 aliphatic heterocycles. The number of carbonyl (C=O) groups excluding carboxylic acids is 1. The standard InChI is InChI=1S/C21H19N5O3S2/c27-21(25-17-6-9-20(22-15-17)26-13-2-11-23-26)16-4-7-19(8-5-16)31(28,29)24-12-10-18-3-1-14-30-18/h1-9,11,13-15,24H,10,12H2,(H,25,27). The van der Waals surface area contributed by atoms with Crippen molar-refractivity contribution >= 4 is 33.0 Å². The third kappa shape index (κ3) is 5.23. The molecule has 0 atom stereocenters. The van der Waals surface area contributed by atoms with E-state index >= 15 is 0 Å². The second-order valence-corrected chi connectivity index (χ2v) is 9.36. The van der Waals surface area contributed by atoms with E-state index in [9.17, 15) is 13.2 Å². The van der Waals surface area contributed by atoms with Crippen LogP contribution in [0.1, 0.15) is 15.2 Å². The van der Waals surface area contributed by atoms with E-state index in [1.807, 2.05) is 17.5 Å². The number of aromatic nitrogens is 3. The summed E-state index contributed by atoms with van der Waals surface area (Å²) in [6.07, 6.45) is 5.59. The normalized spacial score (nSPS) is 11.4. The van der Waals surface area contributed by atoms with Crippen LogP contribution in [0.4, 0.5) is 5.69 Å². The quantitative estimate of drug-likeness (QED) is 0.426. The molecule has 3 heterocycles. The van der Waals surface area contributed by atoms with Crippen molar-refractivity contribution in [3.8, 4) is 5.82 Å². The molecule has 1 amide bonds. The molecule has 2 N–H and O–H groups in total. The molecular formula is C21H19N5O3S2. The summed E-state index contributed by atoms with van der Waals surface area (Å²) < 4.78 is 29.1. The second kappa shape index (κ2) is 9.21. The van der Waals surface area contributed by atoms with Crippen molar-refractivity contribution in [3.05, 3.63) is 89.0 Å². The van der Waals surface area contributed by atoms with Crippen LogP contribution < -0.4 is 10.0 Å². The molecule has 0 aliphatic rings. The molecule has 0 saturated heterocycles. The van der Waals surface area contributed by atoms with Crippen LogP contribution in [0.5, 0.6) is 0 Å². The summed E-state index contributed by atoms with van der Waals surface area (Å²) in [6.45, 7) is 0.312. The third-order valence-corrected chi connectivity index (χ3v) is 6.83. The molecule has 0 radical (unpaired) electrons. The fraction of sp³-hybridized carbons (Fsp3) is 0.0952. The van der Waals surface area contributed by atoms with Crippen molar-refractivity contribution in [1.82, 2.24) is 19.5 Å². The average Bonchev–Trinajstić information content (AvgIpc) is 3.49. The zero-order chi connectivity index (χ0) is 21.7. The van der Waals surface area contributed by atoms with Gasteiger partial charge in [-0.3, -0.25) is 4.79 Å². The Morgan fingerprint density at radius 1 is 1.06 bits per heavy atom. The fourth-order valence-corrected chi connectivity index (χ4v) is 4.58. The van der Waals surface area contributed by atoms with Gasteiger partial charge < -0.3 is 5.32 Å². The van der Waals surface area contributed by atoms with Crippen LogP contribution in [0.15, 0.2) is 83.5 Å². The molecule has 10 heteroatoms. The van der Waals surface area contributed by atoms with E-state index in [1.165, 1.54) is 30.5 Å². The Labute approximate surface area is 183 Å². The molecule has 4 rings (SSSR count). The minimum absolute atomic E-state index is 0.112. The number of nitrogens with zero attached hydrogens (tertiary/aromatic N) is 3. The van der Waals surface area contributed by atoms with E-state index in [-0.39, 0.29) is 10.8 Å². The topological polar surface area (TPSA) is 106 Å². The molecule has 158 valence electrons. The summed E-state index contributed by atoms with van der Waals surface area (Å²) >= 11 is 1.59. The Morgan fingerprint density at radius 3 is 2.55 bits per heavy atom. The van der Waals surface area contributed by atoms with Crippen LogP contribution in [0.3, 0.4) is 0 Å². The van der Waals surface area contributed by atoms with Gasteiger partial charge >= 0.3 is 0 Å². The number of nitrogens with one attached hydrogen (secondary N) is 2. The Morgan fingerprint density at radius 2 is 1.90 bits per heavy atom. The van der Waals surface area contributed by atoms with Crippen LogP contribution in [0.25, 0.3) is 5.82 Å². The predicted octanol–water partition coefficient (Wildman–Crippen LogP) is 3.10. The van der Waals surface area contributed by atoms with Crippen LogP contribution in [-0.2, 0) is 16.4 Å². The molecule has 0 bridgehead atoms. The first-order chi connectivity index (χ1) is 15.0. The van der Waals surface area contributed by atoms with Gasteiger partial charge in [0, 0.05) is 29.4 Å². The van der Waals surface area contributed by atoms with Crippen molar-refractivity contribution in [2.75, 3.05) is 11.9 Å². The second-order valence-electron chi connectivity index (χ2n) is 6.56. The van der Waals surface area contributed by atoms with Crippen molar-refractivity contribution in [2.24, 2.45) is 0 Å². The number of carbonyl (C=O) groups is 1. The third-order valence-electron chi connectivity index (χ3n) is 4.42. The van der Waals surface area contributed by atoms with Gasteiger partial charge in [0.05, 0.1) is 16.8 Å². The molecular weight excluding hydrogens is 434 g/mol. The molecule has 0 aliphatic carbocycles. The van der Waals surface area contributed by atoms with Gasteiger partial charge in [-0.05, 0) is 60.3 Å². The van der Waals surface area contributed by atoms with E-state index in [0.717, 1.165) is 4.88 Å². The highest BCUT2D eigenvalue weighted by molar-refractivity contribution is 7.89. The molecule has 31 heavy (non-hydrogen) atoms. The molecule has 8 nitrogen and oxygen atoms in total. The molecule has 0 fully saturated rings. The van der Waals surface area contributed by atoms with Crippen molar-refractivity contribution < 1.29 is 13.2 Å². The number of pyridine rings is 1. The lowest BCUT2D eigenvalue weighted by molar-refractivity contribution is 0.102. The highest BCUT2D eigenvalue weighted by Crippen LogP contribution is 2.14. The molecule has 0 unspecified atom stereocenters. The van der Waals surface area contributed by atoms with Crippen LogP contribution in [0.2, 0.25) is 0 Å².